The number of ether oxygens (including phenoxy) is 1. The zero-order valence-electron chi connectivity index (χ0n) is 9.01. The van der Waals surface area contributed by atoms with Crippen LogP contribution in [0.5, 0.6) is 5.88 Å². The lowest BCUT2D eigenvalue weighted by Crippen LogP contribution is -2.35. The second kappa shape index (κ2) is 4.34. The van der Waals surface area contributed by atoms with Crippen LogP contribution in [0.25, 0.3) is 0 Å². The lowest BCUT2D eigenvalue weighted by molar-refractivity contribution is 0.138. The quantitative estimate of drug-likeness (QED) is 0.806. The minimum absolute atomic E-state index is 0.313. The van der Waals surface area contributed by atoms with E-state index >= 15 is 0 Å². The van der Waals surface area contributed by atoms with Crippen molar-refractivity contribution in [3.05, 3.63) is 17.6 Å². The summed E-state index contributed by atoms with van der Waals surface area (Å²) in [5.41, 5.74) is 1.67. The second-order valence-electron chi connectivity index (χ2n) is 3.49. The first-order valence-corrected chi connectivity index (χ1v) is 5.15. The van der Waals surface area contributed by atoms with E-state index in [9.17, 15) is 4.79 Å². The Hall–Kier alpha value is -1.85. The number of amides is 1. The van der Waals surface area contributed by atoms with Crippen LogP contribution >= 0.6 is 0 Å². The summed E-state index contributed by atoms with van der Waals surface area (Å²) < 4.78 is 5.38. The molecule has 16 heavy (non-hydrogen) atoms. The normalized spacial score (nSPS) is 14.4. The van der Waals surface area contributed by atoms with Gasteiger partial charge in [0.2, 0.25) is 5.88 Å². The van der Waals surface area contributed by atoms with Gasteiger partial charge in [0.15, 0.2) is 0 Å². The maximum Gasteiger partial charge on any atom is 0.407 e. The first kappa shape index (κ1) is 10.7. The third kappa shape index (κ3) is 1.91. The maximum absolute atomic E-state index is 10.8. The standard InChI is InChI=1S/C10H13N3O3/c1-2-16-9-7-3-4-13(10(14)15)5-8(7)11-6-12-9/h6H,2-5H2,1H3,(H,14,15). The van der Waals surface area contributed by atoms with Crippen LogP contribution in [0, 0.1) is 0 Å². The number of hydrogen-bond acceptors (Lipinski definition) is 4. The molecule has 0 unspecified atom stereocenters. The fourth-order valence-electron chi connectivity index (χ4n) is 1.75. The average Bonchev–Trinajstić information content (AvgIpc) is 2.29. The smallest absolute Gasteiger partial charge is 0.407 e. The summed E-state index contributed by atoms with van der Waals surface area (Å²) >= 11 is 0. The first-order chi connectivity index (χ1) is 7.72. The molecule has 6 nitrogen and oxygen atoms in total. The lowest BCUT2D eigenvalue weighted by atomic mass is 10.1. The number of carboxylic acid groups (broad SMARTS) is 1. The molecule has 0 saturated carbocycles. The van der Waals surface area contributed by atoms with Crippen molar-refractivity contribution in [1.29, 1.82) is 0 Å². The highest BCUT2D eigenvalue weighted by Gasteiger charge is 2.24. The molecule has 86 valence electrons. The van der Waals surface area contributed by atoms with Crippen LogP contribution in [0.1, 0.15) is 18.2 Å². The fraction of sp³-hybridized carbons (Fsp3) is 0.500. The zero-order chi connectivity index (χ0) is 11.5. The molecule has 0 bridgehead atoms. The second-order valence-corrected chi connectivity index (χ2v) is 3.49. The van der Waals surface area contributed by atoms with E-state index in [0.29, 0.717) is 32.0 Å². The third-order valence-electron chi connectivity index (χ3n) is 2.52. The van der Waals surface area contributed by atoms with Gasteiger partial charge in [-0.3, -0.25) is 0 Å². The van der Waals surface area contributed by atoms with Gasteiger partial charge in [-0.25, -0.2) is 14.8 Å². The monoisotopic (exact) mass is 223 g/mol. The molecule has 6 heteroatoms. The van der Waals surface area contributed by atoms with Crippen LogP contribution in [0.3, 0.4) is 0 Å². The molecule has 0 saturated heterocycles. The van der Waals surface area contributed by atoms with Crippen LogP contribution in [0.2, 0.25) is 0 Å². The summed E-state index contributed by atoms with van der Waals surface area (Å²) in [6.45, 7) is 3.22. The Morgan fingerprint density at radius 3 is 3.12 bits per heavy atom. The molecule has 0 aromatic carbocycles. The minimum Gasteiger partial charge on any atom is -0.478 e. The number of aromatic nitrogens is 2. The number of rotatable bonds is 2. The SMILES string of the molecule is CCOc1ncnc2c1CCN(C(=O)O)C2. The maximum atomic E-state index is 10.8. The molecule has 0 atom stereocenters. The van der Waals surface area contributed by atoms with Gasteiger partial charge >= 0.3 is 6.09 Å². The van der Waals surface area contributed by atoms with Gasteiger partial charge in [-0.05, 0) is 13.3 Å². The lowest BCUT2D eigenvalue weighted by Gasteiger charge is -2.26. The Labute approximate surface area is 92.9 Å². The van der Waals surface area contributed by atoms with Crippen molar-refractivity contribution in [2.45, 2.75) is 19.9 Å². The van der Waals surface area contributed by atoms with E-state index < -0.39 is 6.09 Å². The van der Waals surface area contributed by atoms with Crippen LogP contribution in [0.4, 0.5) is 4.79 Å². The van der Waals surface area contributed by atoms with Gasteiger partial charge in [-0.15, -0.1) is 0 Å². The Balaban J connectivity index is 2.26. The summed E-state index contributed by atoms with van der Waals surface area (Å²) in [5, 5.41) is 8.89. The molecule has 1 N–H and O–H groups in total. The highest BCUT2D eigenvalue weighted by molar-refractivity contribution is 5.65. The van der Waals surface area contributed by atoms with Crippen molar-refractivity contribution in [3.63, 3.8) is 0 Å². The molecule has 0 aliphatic carbocycles. The van der Waals surface area contributed by atoms with Gasteiger partial charge in [0.1, 0.15) is 6.33 Å². The molecule has 0 radical (unpaired) electrons. The van der Waals surface area contributed by atoms with Gasteiger partial charge < -0.3 is 14.7 Å². The predicted octanol–water partition coefficient (Wildman–Crippen LogP) is 0.911. The molecule has 1 aliphatic heterocycles. The number of hydrogen-bond donors (Lipinski definition) is 1. The van der Waals surface area contributed by atoms with Crippen molar-refractivity contribution in [1.82, 2.24) is 14.9 Å². The number of carbonyl (C=O) groups is 1. The van der Waals surface area contributed by atoms with Gasteiger partial charge in [0, 0.05) is 12.1 Å². The summed E-state index contributed by atoms with van der Waals surface area (Å²) in [6.07, 6.45) is 1.11. The highest BCUT2D eigenvalue weighted by atomic mass is 16.5. The molecule has 1 aromatic rings. The van der Waals surface area contributed by atoms with Gasteiger partial charge in [0.05, 0.1) is 18.8 Å². The van der Waals surface area contributed by atoms with E-state index in [2.05, 4.69) is 9.97 Å². The van der Waals surface area contributed by atoms with Crippen molar-refractivity contribution >= 4 is 6.09 Å². The van der Waals surface area contributed by atoms with Gasteiger partial charge in [-0.2, -0.15) is 0 Å². The third-order valence-corrected chi connectivity index (χ3v) is 2.52. The summed E-state index contributed by atoms with van der Waals surface area (Å²) in [5.74, 6) is 0.581. The summed E-state index contributed by atoms with van der Waals surface area (Å²) in [6, 6.07) is 0. The van der Waals surface area contributed by atoms with Crippen molar-refractivity contribution < 1.29 is 14.6 Å². The highest BCUT2D eigenvalue weighted by Crippen LogP contribution is 2.23. The predicted molar refractivity (Wildman–Crippen MR) is 55.3 cm³/mol. The van der Waals surface area contributed by atoms with E-state index in [4.69, 9.17) is 9.84 Å². The Kier molecular flexibility index (Phi) is 2.89. The molecule has 1 aromatic heterocycles. The van der Waals surface area contributed by atoms with E-state index in [-0.39, 0.29) is 0 Å². The average molecular weight is 223 g/mol. The van der Waals surface area contributed by atoms with Crippen LogP contribution in [0.15, 0.2) is 6.33 Å². The fourth-order valence-corrected chi connectivity index (χ4v) is 1.75. The molecule has 0 spiro atoms. The summed E-state index contributed by atoms with van der Waals surface area (Å²) in [7, 11) is 0. The molecular weight excluding hydrogens is 210 g/mol. The number of fused-ring (bicyclic) bond motifs is 1. The van der Waals surface area contributed by atoms with E-state index in [0.717, 1.165) is 11.3 Å². The number of nitrogens with zero attached hydrogens (tertiary/aromatic N) is 3. The molecule has 0 fully saturated rings. The molecule has 1 aliphatic rings. The van der Waals surface area contributed by atoms with E-state index in [1.165, 1.54) is 11.2 Å². The van der Waals surface area contributed by atoms with Gasteiger partial charge in [-0.1, -0.05) is 0 Å². The van der Waals surface area contributed by atoms with Crippen LogP contribution in [-0.2, 0) is 13.0 Å². The van der Waals surface area contributed by atoms with E-state index in [1.54, 1.807) is 0 Å². The van der Waals surface area contributed by atoms with Crippen LogP contribution < -0.4 is 4.74 Å². The molecule has 2 heterocycles. The Morgan fingerprint density at radius 2 is 2.44 bits per heavy atom. The van der Waals surface area contributed by atoms with E-state index in [1.807, 2.05) is 6.92 Å². The van der Waals surface area contributed by atoms with Crippen LogP contribution in [-0.4, -0.2) is 39.2 Å². The first-order valence-electron chi connectivity index (χ1n) is 5.15. The zero-order valence-corrected chi connectivity index (χ0v) is 9.01. The summed E-state index contributed by atoms with van der Waals surface area (Å²) in [4.78, 5) is 20.3. The van der Waals surface area contributed by atoms with Gasteiger partial charge in [0.25, 0.3) is 0 Å². The Morgan fingerprint density at radius 1 is 1.62 bits per heavy atom. The molecule has 1 amide bonds. The minimum atomic E-state index is -0.915. The largest absolute Gasteiger partial charge is 0.478 e. The van der Waals surface area contributed by atoms with Crippen molar-refractivity contribution in [3.8, 4) is 5.88 Å². The van der Waals surface area contributed by atoms with Crippen molar-refractivity contribution in [2.24, 2.45) is 0 Å². The molecular formula is C10H13N3O3. The van der Waals surface area contributed by atoms with Crippen molar-refractivity contribution in [2.75, 3.05) is 13.2 Å². The Bertz CT molecular complexity index is 408. The topological polar surface area (TPSA) is 75.6 Å². The molecule has 2 rings (SSSR count).